The Labute approximate surface area is 201 Å². The molecule has 2 N–H and O–H groups in total. The number of thiophene rings is 1. The molecule has 5 aromatic rings. The van der Waals surface area contributed by atoms with Gasteiger partial charge in [-0.3, -0.25) is 4.79 Å². The van der Waals surface area contributed by atoms with Crippen LogP contribution in [0.3, 0.4) is 0 Å². The highest BCUT2D eigenvalue weighted by Gasteiger charge is 2.16. The van der Waals surface area contributed by atoms with E-state index in [4.69, 9.17) is 4.74 Å². The molecule has 3 heterocycles. The number of H-pyrrole nitrogens is 1. The number of imidazole rings is 1. The Bertz CT molecular complexity index is 1470. The highest BCUT2D eigenvalue weighted by atomic mass is 32.1. The minimum Gasteiger partial charge on any atom is -0.437 e. The molecule has 2 aromatic carbocycles. The minimum atomic E-state index is 0.00134. The number of carbonyl (C=O) groups excluding carboxylic acids is 1. The van der Waals surface area contributed by atoms with Gasteiger partial charge in [0.2, 0.25) is 17.6 Å². The summed E-state index contributed by atoms with van der Waals surface area (Å²) in [6.45, 7) is 6.50. The molecule has 0 aliphatic rings. The first kappa shape index (κ1) is 21.9. The standard InChI is InChI=1S/C27H24N4O2S/c1-27(2,3)18-7-4-8-19(16-18)33-25-21(9-5-13-28-25)30-26-29-20-12-11-17(15-22(20)31-26)24(32)23-10-6-14-34-23/h4-16H,1-3H3,(H2,29,30,31). The van der Waals surface area contributed by atoms with Crippen molar-refractivity contribution in [1.82, 2.24) is 15.0 Å². The molecule has 3 aromatic heterocycles. The van der Waals surface area contributed by atoms with E-state index in [0.29, 0.717) is 28.0 Å². The molecular weight excluding hydrogens is 444 g/mol. The number of fused-ring (bicyclic) bond motifs is 1. The number of rotatable bonds is 6. The normalized spacial score (nSPS) is 11.5. The number of ketones is 1. The summed E-state index contributed by atoms with van der Waals surface area (Å²) < 4.78 is 6.12. The molecule has 170 valence electrons. The molecule has 0 aliphatic heterocycles. The molecule has 0 radical (unpaired) electrons. The van der Waals surface area contributed by atoms with Gasteiger partial charge in [0.05, 0.1) is 15.9 Å². The lowest BCUT2D eigenvalue weighted by molar-refractivity contribution is 0.104. The quantitative estimate of drug-likeness (QED) is 0.260. The van der Waals surface area contributed by atoms with Crippen molar-refractivity contribution in [2.24, 2.45) is 0 Å². The molecule has 7 heteroatoms. The van der Waals surface area contributed by atoms with E-state index in [1.807, 2.05) is 60.0 Å². The number of ether oxygens (including phenoxy) is 1. The summed E-state index contributed by atoms with van der Waals surface area (Å²) in [5.41, 5.74) is 4.03. The number of carbonyl (C=O) groups is 1. The van der Waals surface area contributed by atoms with Gasteiger partial charge in [-0.05, 0) is 64.9 Å². The van der Waals surface area contributed by atoms with E-state index in [1.165, 1.54) is 16.9 Å². The maximum absolute atomic E-state index is 12.7. The van der Waals surface area contributed by atoms with E-state index in [9.17, 15) is 4.79 Å². The van der Waals surface area contributed by atoms with Crippen LogP contribution in [0.5, 0.6) is 11.6 Å². The number of pyridine rings is 1. The summed E-state index contributed by atoms with van der Waals surface area (Å²) in [6.07, 6.45) is 1.69. The molecule has 34 heavy (non-hydrogen) atoms. The summed E-state index contributed by atoms with van der Waals surface area (Å²) >= 11 is 1.43. The van der Waals surface area contributed by atoms with E-state index >= 15 is 0 Å². The first-order chi connectivity index (χ1) is 16.4. The van der Waals surface area contributed by atoms with Gasteiger partial charge in [-0.2, -0.15) is 0 Å². The van der Waals surface area contributed by atoms with Gasteiger partial charge in [0.15, 0.2) is 0 Å². The molecular formula is C27H24N4O2S. The van der Waals surface area contributed by atoms with Crippen molar-refractivity contribution in [3.05, 3.63) is 94.3 Å². The zero-order valence-corrected chi connectivity index (χ0v) is 19.9. The second-order valence-corrected chi connectivity index (χ2v) is 9.93. The van der Waals surface area contributed by atoms with Crippen molar-refractivity contribution < 1.29 is 9.53 Å². The van der Waals surface area contributed by atoms with Crippen LogP contribution in [0.1, 0.15) is 41.6 Å². The fourth-order valence-electron chi connectivity index (χ4n) is 3.59. The lowest BCUT2D eigenvalue weighted by Gasteiger charge is -2.19. The van der Waals surface area contributed by atoms with Gasteiger partial charge >= 0.3 is 0 Å². The van der Waals surface area contributed by atoms with Gasteiger partial charge in [-0.15, -0.1) is 11.3 Å². The van der Waals surface area contributed by atoms with Crippen LogP contribution in [-0.4, -0.2) is 20.7 Å². The zero-order valence-electron chi connectivity index (χ0n) is 19.1. The first-order valence-electron chi connectivity index (χ1n) is 11.0. The Morgan fingerprint density at radius 2 is 1.91 bits per heavy atom. The molecule has 0 fully saturated rings. The van der Waals surface area contributed by atoms with Gasteiger partial charge < -0.3 is 15.0 Å². The van der Waals surface area contributed by atoms with Gasteiger partial charge in [0.25, 0.3) is 0 Å². The van der Waals surface area contributed by atoms with Crippen molar-refractivity contribution in [3.8, 4) is 11.6 Å². The molecule has 5 rings (SSSR count). The van der Waals surface area contributed by atoms with Gasteiger partial charge in [0, 0.05) is 11.8 Å². The average Bonchev–Trinajstić information content (AvgIpc) is 3.49. The van der Waals surface area contributed by atoms with E-state index in [1.54, 1.807) is 12.3 Å². The Balaban J connectivity index is 1.40. The molecule has 0 saturated carbocycles. The van der Waals surface area contributed by atoms with Crippen LogP contribution in [0.25, 0.3) is 11.0 Å². The van der Waals surface area contributed by atoms with Crippen LogP contribution in [-0.2, 0) is 5.41 Å². The van der Waals surface area contributed by atoms with Gasteiger partial charge in [0.1, 0.15) is 11.4 Å². The number of benzene rings is 2. The fourth-order valence-corrected chi connectivity index (χ4v) is 4.28. The second-order valence-electron chi connectivity index (χ2n) is 8.98. The lowest BCUT2D eigenvalue weighted by atomic mass is 9.87. The topological polar surface area (TPSA) is 79.9 Å². The van der Waals surface area contributed by atoms with E-state index in [-0.39, 0.29) is 11.2 Å². The summed E-state index contributed by atoms with van der Waals surface area (Å²) in [5.74, 6) is 1.71. The number of hydrogen-bond acceptors (Lipinski definition) is 6. The minimum absolute atomic E-state index is 0.00134. The SMILES string of the molecule is CC(C)(C)c1cccc(Oc2ncccc2Nc2nc3ccc(C(=O)c4cccs4)cc3[nH]2)c1. The molecule has 0 spiro atoms. The van der Waals surface area contributed by atoms with Crippen LogP contribution < -0.4 is 10.1 Å². The zero-order chi connectivity index (χ0) is 23.7. The number of nitrogens with zero attached hydrogens (tertiary/aromatic N) is 2. The summed E-state index contributed by atoms with van der Waals surface area (Å²) in [6, 6.07) is 20.9. The summed E-state index contributed by atoms with van der Waals surface area (Å²) in [4.78, 5) is 25.7. The maximum atomic E-state index is 12.7. The molecule has 0 aliphatic carbocycles. The van der Waals surface area contributed by atoms with Crippen LogP contribution in [0.2, 0.25) is 0 Å². The van der Waals surface area contributed by atoms with Gasteiger partial charge in [-0.25, -0.2) is 9.97 Å². The van der Waals surface area contributed by atoms with E-state index in [0.717, 1.165) is 16.8 Å². The third-order valence-electron chi connectivity index (χ3n) is 5.43. The third kappa shape index (κ3) is 4.56. The number of hydrogen-bond donors (Lipinski definition) is 2. The third-order valence-corrected chi connectivity index (χ3v) is 6.30. The molecule has 0 saturated heterocycles. The van der Waals surface area contributed by atoms with Crippen molar-refractivity contribution in [2.45, 2.75) is 26.2 Å². The maximum Gasteiger partial charge on any atom is 0.243 e. The number of nitrogens with one attached hydrogen (secondary N) is 2. The first-order valence-corrected chi connectivity index (χ1v) is 11.8. The molecule has 0 atom stereocenters. The smallest absolute Gasteiger partial charge is 0.243 e. The Morgan fingerprint density at radius 1 is 1.03 bits per heavy atom. The van der Waals surface area contributed by atoms with Crippen LogP contribution in [0, 0.1) is 0 Å². The summed E-state index contributed by atoms with van der Waals surface area (Å²) in [5, 5.41) is 5.17. The van der Waals surface area contributed by atoms with E-state index < -0.39 is 0 Å². The average molecular weight is 469 g/mol. The van der Waals surface area contributed by atoms with Crippen molar-refractivity contribution in [3.63, 3.8) is 0 Å². The molecule has 0 bridgehead atoms. The predicted molar refractivity (Wildman–Crippen MR) is 137 cm³/mol. The Kier molecular flexibility index (Phi) is 5.63. The summed E-state index contributed by atoms with van der Waals surface area (Å²) in [7, 11) is 0. The van der Waals surface area contributed by atoms with Crippen LogP contribution in [0.4, 0.5) is 11.6 Å². The van der Waals surface area contributed by atoms with Crippen molar-refractivity contribution in [1.29, 1.82) is 0 Å². The molecule has 0 amide bonds. The second kappa shape index (κ2) is 8.76. The lowest BCUT2D eigenvalue weighted by Crippen LogP contribution is -2.10. The highest BCUT2D eigenvalue weighted by molar-refractivity contribution is 7.12. The number of aromatic nitrogens is 3. The van der Waals surface area contributed by atoms with Crippen molar-refractivity contribution >= 4 is 39.8 Å². The largest absolute Gasteiger partial charge is 0.437 e. The highest BCUT2D eigenvalue weighted by Crippen LogP contribution is 2.32. The molecule has 6 nitrogen and oxygen atoms in total. The molecule has 0 unspecified atom stereocenters. The number of aromatic amines is 1. The monoisotopic (exact) mass is 468 g/mol. The van der Waals surface area contributed by atoms with Crippen molar-refractivity contribution in [2.75, 3.05) is 5.32 Å². The predicted octanol–water partition coefficient (Wildman–Crippen LogP) is 7.08. The van der Waals surface area contributed by atoms with Crippen LogP contribution in [0.15, 0.2) is 78.3 Å². The van der Waals surface area contributed by atoms with E-state index in [2.05, 4.69) is 47.1 Å². The van der Waals surface area contributed by atoms with Gasteiger partial charge in [-0.1, -0.05) is 39.0 Å². The number of anilines is 2. The Hall–Kier alpha value is -3.97. The van der Waals surface area contributed by atoms with Crippen LogP contribution >= 0.6 is 11.3 Å². The Morgan fingerprint density at radius 3 is 2.71 bits per heavy atom. The fraction of sp³-hybridized carbons (Fsp3) is 0.148.